The van der Waals surface area contributed by atoms with Gasteiger partial charge in [-0.05, 0) is 56.3 Å². The van der Waals surface area contributed by atoms with Gasteiger partial charge in [0, 0.05) is 10.6 Å². The first kappa shape index (κ1) is 13.8. The standard InChI is InChI=1S/C14H16ClN3OS/c15-12-6-4-5-11(9-12)13-16-18(14(20)19-13)10-17-7-2-1-3-8-17/h4-6,9H,1-3,7-8,10H2. The molecule has 0 saturated carbocycles. The Balaban J connectivity index is 1.81. The van der Waals surface area contributed by atoms with Gasteiger partial charge >= 0.3 is 0 Å². The molecule has 0 spiro atoms. The van der Waals surface area contributed by atoms with Crippen molar-refractivity contribution in [2.45, 2.75) is 25.9 Å². The van der Waals surface area contributed by atoms with E-state index in [9.17, 15) is 0 Å². The smallest absolute Gasteiger partial charge is 0.288 e. The lowest BCUT2D eigenvalue weighted by molar-refractivity contribution is 0.170. The molecule has 1 aliphatic rings. The van der Waals surface area contributed by atoms with E-state index in [2.05, 4.69) is 10.00 Å². The highest BCUT2D eigenvalue weighted by atomic mass is 35.5. The molecule has 0 bridgehead atoms. The van der Waals surface area contributed by atoms with Crippen molar-refractivity contribution in [1.29, 1.82) is 0 Å². The number of hydrogen-bond acceptors (Lipinski definition) is 4. The van der Waals surface area contributed by atoms with Crippen LogP contribution in [0.4, 0.5) is 0 Å². The lowest BCUT2D eigenvalue weighted by Gasteiger charge is -2.25. The molecule has 2 aromatic rings. The summed E-state index contributed by atoms with van der Waals surface area (Å²) in [6, 6.07) is 7.44. The average Bonchev–Trinajstić information content (AvgIpc) is 2.81. The van der Waals surface area contributed by atoms with Crippen molar-refractivity contribution in [2.75, 3.05) is 13.1 Å². The Bertz CT molecular complexity index is 646. The molecule has 0 aliphatic carbocycles. The Kier molecular flexibility index (Phi) is 4.19. The lowest BCUT2D eigenvalue weighted by Crippen LogP contribution is -2.32. The molecule has 0 N–H and O–H groups in total. The van der Waals surface area contributed by atoms with E-state index in [1.165, 1.54) is 19.3 Å². The zero-order chi connectivity index (χ0) is 13.9. The highest BCUT2D eigenvalue weighted by Crippen LogP contribution is 2.21. The molecule has 1 saturated heterocycles. The third kappa shape index (κ3) is 3.11. The van der Waals surface area contributed by atoms with Crippen molar-refractivity contribution in [3.63, 3.8) is 0 Å². The summed E-state index contributed by atoms with van der Waals surface area (Å²) >= 11 is 11.2. The molecule has 6 heteroatoms. The molecule has 0 atom stereocenters. The lowest BCUT2D eigenvalue weighted by atomic mass is 10.1. The van der Waals surface area contributed by atoms with E-state index in [-0.39, 0.29) is 0 Å². The van der Waals surface area contributed by atoms with Crippen molar-refractivity contribution >= 4 is 23.8 Å². The predicted octanol–water partition coefficient (Wildman–Crippen LogP) is 3.97. The minimum atomic E-state index is 0.408. The third-order valence-electron chi connectivity index (χ3n) is 3.46. The summed E-state index contributed by atoms with van der Waals surface area (Å²) in [4.78, 5) is 2.76. The van der Waals surface area contributed by atoms with Crippen LogP contribution >= 0.6 is 23.8 Å². The summed E-state index contributed by atoms with van der Waals surface area (Å²) in [5.74, 6) is 0.523. The summed E-state index contributed by atoms with van der Waals surface area (Å²) in [6.07, 6.45) is 3.80. The average molecular weight is 310 g/mol. The van der Waals surface area contributed by atoms with Crippen molar-refractivity contribution in [2.24, 2.45) is 0 Å². The first-order chi connectivity index (χ1) is 9.72. The van der Waals surface area contributed by atoms with Gasteiger partial charge in [-0.15, -0.1) is 5.10 Å². The first-order valence-electron chi connectivity index (χ1n) is 6.78. The van der Waals surface area contributed by atoms with Crippen LogP contribution in [-0.4, -0.2) is 27.8 Å². The third-order valence-corrected chi connectivity index (χ3v) is 3.99. The fraction of sp³-hybridized carbons (Fsp3) is 0.429. The van der Waals surface area contributed by atoms with E-state index >= 15 is 0 Å². The van der Waals surface area contributed by atoms with Gasteiger partial charge in [-0.3, -0.25) is 4.90 Å². The molecule has 4 nitrogen and oxygen atoms in total. The molecular weight excluding hydrogens is 294 g/mol. The van der Waals surface area contributed by atoms with Gasteiger partial charge in [0.15, 0.2) is 0 Å². The summed E-state index contributed by atoms with van der Waals surface area (Å²) < 4.78 is 7.33. The minimum Gasteiger partial charge on any atom is -0.409 e. The van der Waals surface area contributed by atoms with Crippen LogP contribution in [0.3, 0.4) is 0 Å². The number of halogens is 1. The Morgan fingerprint density at radius 1 is 1.25 bits per heavy atom. The van der Waals surface area contributed by atoms with Crippen molar-refractivity contribution in [3.05, 3.63) is 34.1 Å². The summed E-state index contributed by atoms with van der Waals surface area (Å²) in [5.41, 5.74) is 0.848. The van der Waals surface area contributed by atoms with Gasteiger partial charge in [-0.1, -0.05) is 24.1 Å². The van der Waals surface area contributed by atoms with Crippen molar-refractivity contribution < 1.29 is 4.42 Å². The van der Waals surface area contributed by atoms with Gasteiger partial charge < -0.3 is 4.42 Å². The summed E-state index contributed by atoms with van der Waals surface area (Å²) in [6.45, 7) is 2.89. The highest BCUT2D eigenvalue weighted by molar-refractivity contribution is 7.71. The maximum Gasteiger partial charge on any atom is 0.288 e. The molecule has 1 aromatic heterocycles. The van der Waals surface area contributed by atoms with Gasteiger partial charge in [0.1, 0.15) is 0 Å². The van der Waals surface area contributed by atoms with E-state index in [0.29, 0.717) is 22.4 Å². The highest BCUT2D eigenvalue weighted by Gasteiger charge is 2.14. The van der Waals surface area contributed by atoms with E-state index in [4.69, 9.17) is 28.2 Å². The molecule has 1 aliphatic heterocycles. The summed E-state index contributed by atoms with van der Waals surface area (Å²) in [5, 5.41) is 5.12. The van der Waals surface area contributed by atoms with Crippen LogP contribution in [0, 0.1) is 4.84 Å². The largest absolute Gasteiger partial charge is 0.409 e. The second kappa shape index (κ2) is 6.08. The maximum atomic E-state index is 5.99. The Labute approximate surface area is 128 Å². The van der Waals surface area contributed by atoms with Crippen LogP contribution in [0.15, 0.2) is 28.7 Å². The van der Waals surface area contributed by atoms with Crippen molar-refractivity contribution in [3.8, 4) is 11.5 Å². The molecule has 1 fully saturated rings. The maximum absolute atomic E-state index is 5.99. The molecule has 0 radical (unpaired) electrons. The van der Waals surface area contributed by atoms with E-state index in [1.54, 1.807) is 4.68 Å². The molecule has 2 heterocycles. The summed E-state index contributed by atoms with van der Waals surface area (Å²) in [7, 11) is 0. The SMILES string of the molecule is S=c1oc(-c2cccc(Cl)c2)nn1CN1CCCCC1. The number of hydrogen-bond donors (Lipinski definition) is 0. The van der Waals surface area contributed by atoms with E-state index < -0.39 is 0 Å². The second-order valence-corrected chi connectivity index (χ2v) is 5.79. The van der Waals surface area contributed by atoms with Gasteiger partial charge in [-0.2, -0.15) is 0 Å². The van der Waals surface area contributed by atoms with Crippen LogP contribution in [0.2, 0.25) is 5.02 Å². The molecule has 0 unspecified atom stereocenters. The normalized spacial score (nSPS) is 16.4. The number of likely N-dealkylation sites (tertiary alicyclic amines) is 1. The van der Waals surface area contributed by atoms with Crippen LogP contribution in [0.25, 0.3) is 11.5 Å². The Morgan fingerprint density at radius 3 is 2.80 bits per heavy atom. The minimum absolute atomic E-state index is 0.408. The Morgan fingerprint density at radius 2 is 2.05 bits per heavy atom. The van der Waals surface area contributed by atoms with E-state index in [1.807, 2.05) is 24.3 Å². The second-order valence-electron chi connectivity index (χ2n) is 5.00. The van der Waals surface area contributed by atoms with Gasteiger partial charge in [0.25, 0.3) is 4.84 Å². The van der Waals surface area contributed by atoms with Crippen LogP contribution < -0.4 is 0 Å². The molecule has 20 heavy (non-hydrogen) atoms. The number of piperidine rings is 1. The number of benzene rings is 1. The molecule has 1 aromatic carbocycles. The zero-order valence-electron chi connectivity index (χ0n) is 11.1. The first-order valence-corrected chi connectivity index (χ1v) is 7.57. The fourth-order valence-electron chi connectivity index (χ4n) is 2.42. The van der Waals surface area contributed by atoms with E-state index in [0.717, 1.165) is 18.7 Å². The van der Waals surface area contributed by atoms with Gasteiger partial charge in [-0.25, -0.2) is 4.68 Å². The van der Waals surface area contributed by atoms with Crippen LogP contribution in [0.1, 0.15) is 19.3 Å². The monoisotopic (exact) mass is 309 g/mol. The van der Waals surface area contributed by atoms with Crippen molar-refractivity contribution in [1.82, 2.24) is 14.7 Å². The van der Waals surface area contributed by atoms with Gasteiger partial charge in [0.2, 0.25) is 5.89 Å². The van der Waals surface area contributed by atoms with Crippen LogP contribution in [-0.2, 0) is 6.67 Å². The number of nitrogens with zero attached hydrogens (tertiary/aromatic N) is 3. The number of aromatic nitrogens is 2. The molecular formula is C14H16ClN3OS. The molecule has 0 amide bonds. The Hall–Kier alpha value is -1.17. The molecule has 106 valence electrons. The number of rotatable bonds is 3. The topological polar surface area (TPSA) is 34.2 Å². The zero-order valence-corrected chi connectivity index (χ0v) is 12.7. The predicted molar refractivity (Wildman–Crippen MR) is 81.2 cm³/mol. The fourth-order valence-corrected chi connectivity index (χ4v) is 2.79. The quantitative estimate of drug-likeness (QED) is 0.803. The molecule has 3 rings (SSSR count). The van der Waals surface area contributed by atoms with Gasteiger partial charge in [0.05, 0.1) is 6.67 Å². The van der Waals surface area contributed by atoms with Crippen LogP contribution in [0.5, 0.6) is 0 Å².